The van der Waals surface area contributed by atoms with Crippen molar-refractivity contribution in [2.24, 2.45) is 0 Å². The Labute approximate surface area is 104 Å². The lowest BCUT2D eigenvalue weighted by Crippen LogP contribution is -2.03. The van der Waals surface area contributed by atoms with Gasteiger partial charge >= 0.3 is 5.97 Å². The Kier molecular flexibility index (Phi) is 3.28. The lowest BCUT2D eigenvalue weighted by Gasteiger charge is -2.05. The van der Waals surface area contributed by atoms with E-state index in [0.717, 1.165) is 22.7 Å². The fourth-order valence-electron chi connectivity index (χ4n) is 1.76. The average Bonchev–Trinajstić information content (AvgIpc) is 2.87. The molecule has 0 aromatic carbocycles. The monoisotopic (exact) mass is 250 g/mol. The molecule has 2 aromatic rings. The first-order valence-electron chi connectivity index (χ1n) is 5.44. The van der Waals surface area contributed by atoms with Gasteiger partial charge < -0.3 is 9.67 Å². The van der Waals surface area contributed by atoms with Crippen molar-refractivity contribution >= 4 is 17.3 Å². The van der Waals surface area contributed by atoms with E-state index in [0.29, 0.717) is 11.4 Å². The number of aryl methyl sites for hydroxylation is 2. The highest BCUT2D eigenvalue weighted by molar-refractivity contribution is 7.14. The number of thiophene rings is 1. The number of carboxylic acids is 1. The average molecular weight is 250 g/mol. The Bertz CT molecular complexity index is 542. The molecule has 2 rings (SSSR count). The Morgan fingerprint density at radius 3 is 2.94 bits per heavy atom. The minimum Gasteiger partial charge on any atom is -0.477 e. The summed E-state index contributed by atoms with van der Waals surface area (Å²) < 4.78 is 2.06. The zero-order chi connectivity index (χ0) is 12.4. The molecule has 17 heavy (non-hydrogen) atoms. The fraction of sp³-hybridized carbons (Fsp3) is 0.333. The van der Waals surface area contributed by atoms with Crippen LogP contribution < -0.4 is 0 Å². The minimum absolute atomic E-state index is 0.399. The van der Waals surface area contributed by atoms with Gasteiger partial charge in [0.1, 0.15) is 10.7 Å². The summed E-state index contributed by atoms with van der Waals surface area (Å²) in [6.07, 6.45) is 4.58. The molecule has 0 aliphatic carbocycles. The number of aromatic nitrogens is 2. The zero-order valence-electron chi connectivity index (χ0n) is 9.80. The Morgan fingerprint density at radius 1 is 1.59 bits per heavy atom. The highest BCUT2D eigenvalue weighted by Gasteiger charge is 2.12. The number of aromatic carboxylic acids is 1. The van der Waals surface area contributed by atoms with Crippen molar-refractivity contribution in [3.8, 4) is 0 Å². The van der Waals surface area contributed by atoms with Crippen molar-refractivity contribution in [2.45, 2.75) is 26.8 Å². The van der Waals surface area contributed by atoms with Gasteiger partial charge in [-0.3, -0.25) is 0 Å². The number of carbonyl (C=O) groups is 1. The van der Waals surface area contributed by atoms with E-state index in [-0.39, 0.29) is 0 Å². The van der Waals surface area contributed by atoms with Crippen molar-refractivity contribution in [3.05, 3.63) is 39.6 Å². The minimum atomic E-state index is -0.856. The molecule has 0 atom stereocenters. The van der Waals surface area contributed by atoms with Gasteiger partial charge in [0.25, 0.3) is 0 Å². The predicted octanol–water partition coefficient (Wildman–Crippen LogP) is 2.56. The molecule has 5 heteroatoms. The van der Waals surface area contributed by atoms with Crippen LogP contribution in [-0.2, 0) is 13.0 Å². The Balaban J connectivity index is 2.27. The molecule has 4 nitrogen and oxygen atoms in total. The first-order chi connectivity index (χ1) is 8.11. The second-order valence-corrected chi connectivity index (χ2v) is 5.08. The first-order valence-corrected chi connectivity index (χ1v) is 6.26. The van der Waals surface area contributed by atoms with E-state index in [1.54, 1.807) is 12.3 Å². The summed E-state index contributed by atoms with van der Waals surface area (Å²) in [6.45, 7) is 4.70. The number of rotatable bonds is 4. The van der Waals surface area contributed by atoms with Gasteiger partial charge in [-0.05, 0) is 18.6 Å². The van der Waals surface area contributed by atoms with Gasteiger partial charge in [0, 0.05) is 30.2 Å². The van der Waals surface area contributed by atoms with Crippen LogP contribution in [0.4, 0.5) is 0 Å². The van der Waals surface area contributed by atoms with Gasteiger partial charge in [-0.15, -0.1) is 11.3 Å². The lowest BCUT2D eigenvalue weighted by atomic mass is 10.2. The number of nitrogens with zero attached hydrogens (tertiary/aromatic N) is 2. The van der Waals surface area contributed by atoms with Gasteiger partial charge in [-0.1, -0.05) is 6.92 Å². The van der Waals surface area contributed by atoms with Crippen molar-refractivity contribution in [3.63, 3.8) is 0 Å². The van der Waals surface area contributed by atoms with Gasteiger partial charge in [0.2, 0.25) is 0 Å². The van der Waals surface area contributed by atoms with Gasteiger partial charge in [0.05, 0.1) is 0 Å². The molecule has 0 saturated heterocycles. The molecular formula is C12H14N2O2S. The maximum Gasteiger partial charge on any atom is 0.345 e. The molecule has 1 N–H and O–H groups in total. The number of hydrogen-bond acceptors (Lipinski definition) is 3. The normalized spacial score (nSPS) is 10.7. The molecule has 0 aliphatic rings. The SMILES string of the molecule is CCc1nccn1Cc1cc(C(=O)O)sc1C. The summed E-state index contributed by atoms with van der Waals surface area (Å²) in [5.41, 5.74) is 1.06. The van der Waals surface area contributed by atoms with E-state index in [1.807, 2.05) is 13.1 Å². The molecule has 0 radical (unpaired) electrons. The largest absolute Gasteiger partial charge is 0.477 e. The topological polar surface area (TPSA) is 55.1 Å². The van der Waals surface area contributed by atoms with E-state index >= 15 is 0 Å². The summed E-state index contributed by atoms with van der Waals surface area (Å²) >= 11 is 1.32. The summed E-state index contributed by atoms with van der Waals surface area (Å²) in [7, 11) is 0. The van der Waals surface area contributed by atoms with Crippen molar-refractivity contribution in [1.82, 2.24) is 9.55 Å². The van der Waals surface area contributed by atoms with Crippen LogP contribution >= 0.6 is 11.3 Å². The predicted molar refractivity (Wildman–Crippen MR) is 66.7 cm³/mol. The highest BCUT2D eigenvalue weighted by atomic mass is 32.1. The van der Waals surface area contributed by atoms with Crippen LogP contribution in [0.1, 0.15) is 32.9 Å². The fourth-order valence-corrected chi connectivity index (χ4v) is 2.64. The lowest BCUT2D eigenvalue weighted by molar-refractivity contribution is 0.0702. The van der Waals surface area contributed by atoms with Gasteiger partial charge in [-0.2, -0.15) is 0 Å². The third kappa shape index (κ3) is 2.39. The molecular weight excluding hydrogens is 236 g/mol. The van der Waals surface area contributed by atoms with Crippen LogP contribution in [0.25, 0.3) is 0 Å². The maximum atomic E-state index is 10.9. The Morgan fingerprint density at radius 2 is 2.35 bits per heavy atom. The summed E-state index contributed by atoms with van der Waals surface area (Å²) in [5.74, 6) is 0.165. The van der Waals surface area contributed by atoms with Crippen LogP contribution in [0.2, 0.25) is 0 Å². The molecule has 0 aliphatic heterocycles. The Hall–Kier alpha value is -1.62. The molecule has 0 fully saturated rings. The highest BCUT2D eigenvalue weighted by Crippen LogP contribution is 2.22. The van der Waals surface area contributed by atoms with Crippen LogP contribution in [-0.4, -0.2) is 20.6 Å². The maximum absolute atomic E-state index is 10.9. The molecule has 0 amide bonds. The van der Waals surface area contributed by atoms with E-state index < -0.39 is 5.97 Å². The van der Waals surface area contributed by atoms with Crippen molar-refractivity contribution in [1.29, 1.82) is 0 Å². The molecule has 0 spiro atoms. The number of carboxylic acid groups (broad SMARTS) is 1. The first kappa shape index (κ1) is 11.9. The van der Waals surface area contributed by atoms with Gasteiger partial charge in [0.15, 0.2) is 0 Å². The second kappa shape index (κ2) is 4.71. The molecule has 0 saturated carbocycles. The van der Waals surface area contributed by atoms with Crippen molar-refractivity contribution in [2.75, 3.05) is 0 Å². The zero-order valence-corrected chi connectivity index (χ0v) is 10.6. The van der Waals surface area contributed by atoms with Crippen LogP contribution in [0.5, 0.6) is 0 Å². The smallest absolute Gasteiger partial charge is 0.345 e. The number of hydrogen-bond donors (Lipinski definition) is 1. The second-order valence-electron chi connectivity index (χ2n) is 3.82. The molecule has 2 aromatic heterocycles. The summed E-state index contributed by atoms with van der Waals surface area (Å²) in [5, 5.41) is 8.94. The van der Waals surface area contributed by atoms with E-state index in [1.165, 1.54) is 11.3 Å². The van der Waals surface area contributed by atoms with E-state index in [4.69, 9.17) is 5.11 Å². The summed E-state index contributed by atoms with van der Waals surface area (Å²) in [6, 6.07) is 1.75. The van der Waals surface area contributed by atoms with Crippen LogP contribution in [0.3, 0.4) is 0 Å². The summed E-state index contributed by atoms with van der Waals surface area (Å²) in [4.78, 5) is 16.6. The van der Waals surface area contributed by atoms with Crippen LogP contribution in [0, 0.1) is 6.92 Å². The quantitative estimate of drug-likeness (QED) is 0.907. The molecule has 0 bridgehead atoms. The standard InChI is InChI=1S/C12H14N2O2S/c1-3-11-13-4-5-14(11)7-9-6-10(12(15)16)17-8(9)2/h4-6H,3,7H2,1-2H3,(H,15,16). The molecule has 2 heterocycles. The van der Waals surface area contributed by atoms with Crippen molar-refractivity contribution < 1.29 is 9.90 Å². The third-order valence-corrected chi connectivity index (χ3v) is 3.77. The molecule has 90 valence electrons. The molecule has 0 unspecified atom stereocenters. The van der Waals surface area contributed by atoms with Gasteiger partial charge in [-0.25, -0.2) is 9.78 Å². The van der Waals surface area contributed by atoms with E-state index in [2.05, 4.69) is 16.5 Å². The van der Waals surface area contributed by atoms with Crippen LogP contribution in [0.15, 0.2) is 18.5 Å². The third-order valence-electron chi connectivity index (χ3n) is 2.69. The number of imidazole rings is 1. The van der Waals surface area contributed by atoms with E-state index in [9.17, 15) is 4.79 Å².